The van der Waals surface area contributed by atoms with Gasteiger partial charge in [-0.2, -0.15) is 0 Å². The van der Waals surface area contributed by atoms with E-state index < -0.39 is 5.97 Å². The van der Waals surface area contributed by atoms with Crippen LogP contribution in [0, 0.1) is 0 Å². The van der Waals surface area contributed by atoms with Crippen LogP contribution in [0.2, 0.25) is 0 Å². The molecule has 25 heavy (non-hydrogen) atoms. The van der Waals surface area contributed by atoms with Crippen molar-refractivity contribution in [2.24, 2.45) is 0 Å². The Hall–Kier alpha value is -2.74. The Bertz CT molecular complexity index is 898. The van der Waals surface area contributed by atoms with Gasteiger partial charge < -0.3 is 9.15 Å². The second-order valence-corrected chi connectivity index (χ2v) is 6.18. The van der Waals surface area contributed by atoms with E-state index in [0.29, 0.717) is 28.8 Å². The van der Waals surface area contributed by atoms with Crippen molar-refractivity contribution < 1.29 is 13.9 Å². The van der Waals surface area contributed by atoms with Gasteiger partial charge in [0.15, 0.2) is 5.16 Å². The summed E-state index contributed by atoms with van der Waals surface area (Å²) in [7, 11) is 1.32. The van der Waals surface area contributed by atoms with Crippen molar-refractivity contribution in [1.29, 1.82) is 0 Å². The highest BCUT2D eigenvalue weighted by Crippen LogP contribution is 2.23. The highest BCUT2D eigenvalue weighted by molar-refractivity contribution is 7.98. The van der Waals surface area contributed by atoms with Crippen molar-refractivity contribution >= 4 is 17.7 Å². The number of nitrogens with one attached hydrogen (secondary N) is 1. The lowest BCUT2D eigenvalue weighted by Crippen LogP contribution is -2.18. The summed E-state index contributed by atoms with van der Waals surface area (Å²) in [5.41, 5.74) is 1.26. The van der Waals surface area contributed by atoms with Crippen LogP contribution in [0.4, 0.5) is 0 Å². The predicted molar refractivity (Wildman–Crippen MR) is 92.6 cm³/mol. The number of carbonyl (C=O) groups is 1. The van der Waals surface area contributed by atoms with E-state index in [1.807, 2.05) is 30.3 Å². The topological polar surface area (TPSA) is 90.1 Å². The molecule has 0 atom stereocenters. The first-order valence-electron chi connectivity index (χ1n) is 7.65. The number of thioether (sulfide) groups is 1. The van der Waals surface area contributed by atoms with E-state index in [4.69, 9.17) is 9.15 Å². The lowest BCUT2D eigenvalue weighted by Gasteiger charge is -2.05. The van der Waals surface area contributed by atoms with Crippen LogP contribution in [0.25, 0.3) is 0 Å². The number of benzene rings is 1. The maximum atomic E-state index is 12.0. The van der Waals surface area contributed by atoms with Crippen LogP contribution in [0.1, 0.15) is 21.7 Å². The fourth-order valence-electron chi connectivity index (χ4n) is 2.37. The normalized spacial score (nSPS) is 10.8. The number of carbonyl (C=O) groups excluding carboxylic acids is 1. The van der Waals surface area contributed by atoms with Gasteiger partial charge in [0.2, 0.25) is 0 Å². The van der Waals surface area contributed by atoms with Crippen molar-refractivity contribution in [2.75, 3.05) is 7.11 Å². The highest BCUT2D eigenvalue weighted by atomic mass is 32.2. The number of rotatable bonds is 7. The molecule has 3 aromatic rings. The average molecular weight is 359 g/mol. The Labute approximate surface area is 148 Å². The second-order valence-electron chi connectivity index (χ2n) is 5.24. The lowest BCUT2D eigenvalue weighted by atomic mass is 10.1. The number of furan rings is 1. The standard InChI is InChI=1S/C17H17N3O4S/c1-23-15(21)13-8-10-24-14(13)11-25-17-19-18-16(22)20(17)9-7-12-5-3-2-4-6-12/h2-6,8,10H,7,9,11H2,1H3,(H,18,22). The molecule has 0 amide bonds. The third kappa shape index (κ3) is 4.03. The number of methoxy groups -OCH3 is 1. The molecule has 0 spiro atoms. The maximum absolute atomic E-state index is 12.0. The number of aryl methyl sites for hydroxylation is 1. The van der Waals surface area contributed by atoms with Gasteiger partial charge in [0.05, 0.1) is 19.1 Å². The molecule has 0 aliphatic heterocycles. The van der Waals surface area contributed by atoms with Crippen LogP contribution in [0.5, 0.6) is 0 Å². The molecule has 0 saturated heterocycles. The fourth-order valence-corrected chi connectivity index (χ4v) is 3.29. The van der Waals surface area contributed by atoms with Gasteiger partial charge in [-0.05, 0) is 18.1 Å². The van der Waals surface area contributed by atoms with E-state index in [-0.39, 0.29) is 5.69 Å². The molecular weight excluding hydrogens is 342 g/mol. The molecule has 0 bridgehead atoms. The zero-order chi connectivity index (χ0) is 17.6. The summed E-state index contributed by atoms with van der Waals surface area (Å²) in [6, 6.07) is 11.5. The minimum atomic E-state index is -0.451. The van der Waals surface area contributed by atoms with Crippen LogP contribution < -0.4 is 5.69 Å². The van der Waals surface area contributed by atoms with Crippen molar-refractivity contribution in [1.82, 2.24) is 14.8 Å². The molecule has 3 rings (SSSR count). The number of aromatic nitrogens is 3. The summed E-state index contributed by atoms with van der Waals surface area (Å²) in [6.07, 6.45) is 2.16. The van der Waals surface area contributed by atoms with Crippen LogP contribution in [0.3, 0.4) is 0 Å². The summed E-state index contributed by atoms with van der Waals surface area (Å²) in [6.45, 7) is 0.518. The molecule has 8 heteroatoms. The minimum Gasteiger partial charge on any atom is -0.468 e. The molecule has 7 nitrogen and oxygen atoms in total. The Morgan fingerprint density at radius 2 is 2.12 bits per heavy atom. The van der Waals surface area contributed by atoms with Gasteiger partial charge in [0.25, 0.3) is 0 Å². The number of hydrogen-bond donors (Lipinski definition) is 1. The Morgan fingerprint density at radius 3 is 2.88 bits per heavy atom. The van der Waals surface area contributed by atoms with Crippen LogP contribution >= 0.6 is 11.8 Å². The number of H-pyrrole nitrogens is 1. The summed E-state index contributed by atoms with van der Waals surface area (Å²) >= 11 is 1.32. The van der Waals surface area contributed by atoms with Gasteiger partial charge in [0, 0.05) is 6.54 Å². The summed E-state index contributed by atoms with van der Waals surface area (Å²) in [4.78, 5) is 23.6. The van der Waals surface area contributed by atoms with E-state index in [9.17, 15) is 9.59 Å². The van der Waals surface area contributed by atoms with Crippen molar-refractivity contribution in [3.05, 3.63) is 70.0 Å². The number of nitrogens with zero attached hydrogens (tertiary/aromatic N) is 2. The van der Waals surface area contributed by atoms with Gasteiger partial charge in [-0.3, -0.25) is 4.57 Å². The van der Waals surface area contributed by atoms with Gasteiger partial charge in [0.1, 0.15) is 11.3 Å². The lowest BCUT2D eigenvalue weighted by molar-refractivity contribution is 0.0598. The van der Waals surface area contributed by atoms with Crippen molar-refractivity contribution in [3.8, 4) is 0 Å². The third-order valence-electron chi connectivity index (χ3n) is 3.67. The van der Waals surface area contributed by atoms with Crippen molar-refractivity contribution in [2.45, 2.75) is 23.9 Å². The minimum absolute atomic E-state index is 0.258. The van der Waals surface area contributed by atoms with Gasteiger partial charge in [-0.25, -0.2) is 14.7 Å². The third-order valence-corrected chi connectivity index (χ3v) is 4.65. The first kappa shape index (κ1) is 17.1. The predicted octanol–water partition coefficient (Wildman–Crippen LogP) is 2.49. The first-order valence-corrected chi connectivity index (χ1v) is 8.64. The molecule has 130 valence electrons. The first-order chi connectivity index (χ1) is 12.2. The molecule has 0 aliphatic carbocycles. The summed E-state index contributed by atoms with van der Waals surface area (Å²) < 4.78 is 11.6. The molecule has 2 aromatic heterocycles. The molecule has 0 unspecified atom stereocenters. The Kier molecular flexibility index (Phi) is 5.39. The summed E-state index contributed by atoms with van der Waals surface area (Å²) in [5.74, 6) is 0.405. The van der Waals surface area contributed by atoms with Crippen LogP contribution in [-0.2, 0) is 23.5 Å². The van der Waals surface area contributed by atoms with E-state index in [1.165, 1.54) is 25.1 Å². The number of hydrogen-bond acceptors (Lipinski definition) is 6. The zero-order valence-corrected chi connectivity index (χ0v) is 14.4. The molecule has 0 radical (unpaired) electrons. The Balaban J connectivity index is 1.69. The average Bonchev–Trinajstić information content (AvgIpc) is 3.25. The molecule has 1 aromatic carbocycles. The van der Waals surface area contributed by atoms with Crippen LogP contribution in [0.15, 0.2) is 57.0 Å². The van der Waals surface area contributed by atoms with Gasteiger partial charge in [-0.15, -0.1) is 5.10 Å². The molecule has 1 N–H and O–H groups in total. The number of esters is 1. The van der Waals surface area contributed by atoms with Gasteiger partial charge in [-0.1, -0.05) is 42.1 Å². The quantitative estimate of drug-likeness (QED) is 0.515. The van der Waals surface area contributed by atoms with E-state index in [2.05, 4.69) is 10.2 Å². The zero-order valence-electron chi connectivity index (χ0n) is 13.6. The molecule has 0 aliphatic rings. The van der Waals surface area contributed by atoms with Gasteiger partial charge >= 0.3 is 11.7 Å². The van der Waals surface area contributed by atoms with E-state index >= 15 is 0 Å². The molecule has 0 fully saturated rings. The van der Waals surface area contributed by atoms with E-state index in [1.54, 1.807) is 10.6 Å². The maximum Gasteiger partial charge on any atom is 0.343 e. The SMILES string of the molecule is COC(=O)c1ccoc1CSc1n[nH]c(=O)n1CCc1ccccc1. The fraction of sp³-hybridized carbons (Fsp3) is 0.235. The monoisotopic (exact) mass is 359 g/mol. The molecule has 2 heterocycles. The Morgan fingerprint density at radius 1 is 1.32 bits per heavy atom. The van der Waals surface area contributed by atoms with Crippen molar-refractivity contribution in [3.63, 3.8) is 0 Å². The summed E-state index contributed by atoms with van der Waals surface area (Å²) in [5, 5.41) is 7.07. The van der Waals surface area contributed by atoms with Crippen LogP contribution in [-0.4, -0.2) is 27.8 Å². The highest BCUT2D eigenvalue weighted by Gasteiger charge is 2.17. The smallest absolute Gasteiger partial charge is 0.343 e. The molecule has 0 saturated carbocycles. The number of aromatic amines is 1. The second kappa shape index (κ2) is 7.89. The largest absolute Gasteiger partial charge is 0.468 e. The number of ether oxygens (including phenoxy) is 1. The van der Waals surface area contributed by atoms with E-state index in [0.717, 1.165) is 12.0 Å². The molecular formula is C17H17N3O4S.